The lowest BCUT2D eigenvalue weighted by Crippen LogP contribution is -2.11. The summed E-state index contributed by atoms with van der Waals surface area (Å²) in [7, 11) is -4.64. The van der Waals surface area contributed by atoms with Gasteiger partial charge in [-0.05, 0) is 24.3 Å². The van der Waals surface area contributed by atoms with Crippen molar-refractivity contribution in [3.63, 3.8) is 0 Å². The molecule has 0 unspecified atom stereocenters. The Morgan fingerprint density at radius 1 is 0.800 bits per heavy atom. The Balaban J connectivity index is 2.40. The Labute approximate surface area is 111 Å². The van der Waals surface area contributed by atoms with E-state index in [0.29, 0.717) is 24.3 Å². The van der Waals surface area contributed by atoms with Crippen molar-refractivity contribution in [3.05, 3.63) is 59.7 Å². The minimum atomic E-state index is -4.64. The zero-order chi connectivity index (χ0) is 14.9. The topological polar surface area (TPSA) is 43.4 Å². The van der Waals surface area contributed by atoms with Crippen molar-refractivity contribution in [1.29, 1.82) is 0 Å². The highest BCUT2D eigenvalue weighted by Gasteiger charge is 2.21. The van der Waals surface area contributed by atoms with E-state index in [1.807, 2.05) is 0 Å². The zero-order valence-corrected chi connectivity index (χ0v) is 10.4. The first-order valence-electron chi connectivity index (χ1n) is 5.13. The number of hydrogen-bond acceptors (Lipinski definition) is 3. The van der Waals surface area contributed by atoms with Crippen molar-refractivity contribution >= 4 is 10.1 Å². The van der Waals surface area contributed by atoms with Gasteiger partial charge in [0.15, 0.2) is 11.6 Å². The van der Waals surface area contributed by atoms with Crippen molar-refractivity contribution in [2.24, 2.45) is 0 Å². The van der Waals surface area contributed by atoms with Gasteiger partial charge in [-0.2, -0.15) is 8.42 Å². The predicted molar refractivity (Wildman–Crippen MR) is 60.5 cm³/mol. The molecule has 20 heavy (non-hydrogen) atoms. The predicted octanol–water partition coefficient (Wildman–Crippen LogP) is 3.01. The molecule has 2 aromatic rings. The van der Waals surface area contributed by atoms with E-state index in [1.54, 1.807) is 0 Å². The highest BCUT2D eigenvalue weighted by atomic mass is 32.2. The van der Waals surface area contributed by atoms with E-state index in [0.717, 1.165) is 12.1 Å². The average molecular weight is 306 g/mol. The molecule has 0 fully saturated rings. The summed E-state index contributed by atoms with van der Waals surface area (Å²) in [6.45, 7) is 0. The van der Waals surface area contributed by atoms with Gasteiger partial charge >= 0.3 is 10.1 Å². The lowest BCUT2D eigenvalue weighted by molar-refractivity contribution is 0.455. The van der Waals surface area contributed by atoms with Gasteiger partial charge in [-0.25, -0.2) is 17.6 Å². The highest BCUT2D eigenvalue weighted by molar-refractivity contribution is 7.87. The Kier molecular flexibility index (Phi) is 3.67. The van der Waals surface area contributed by atoms with Crippen LogP contribution in [0.3, 0.4) is 0 Å². The number of halogens is 4. The average Bonchev–Trinajstić information content (AvgIpc) is 2.31. The summed E-state index contributed by atoms with van der Waals surface area (Å²) in [5, 5.41) is 0. The van der Waals surface area contributed by atoms with E-state index in [9.17, 15) is 26.0 Å². The van der Waals surface area contributed by atoms with E-state index >= 15 is 0 Å². The minimum Gasteiger partial charge on any atom is -0.376 e. The third kappa shape index (κ3) is 3.08. The summed E-state index contributed by atoms with van der Waals surface area (Å²) in [4.78, 5) is -0.821. The van der Waals surface area contributed by atoms with E-state index in [2.05, 4.69) is 4.18 Å². The molecule has 8 heteroatoms. The van der Waals surface area contributed by atoms with Gasteiger partial charge < -0.3 is 4.18 Å². The second-order valence-electron chi connectivity index (χ2n) is 3.72. The zero-order valence-electron chi connectivity index (χ0n) is 9.61. The number of hydrogen-bond donors (Lipinski definition) is 0. The Bertz CT molecular complexity index is 739. The molecule has 0 atom stereocenters. The lowest BCUT2D eigenvalue weighted by Gasteiger charge is -2.08. The van der Waals surface area contributed by atoms with Crippen LogP contribution in [0.2, 0.25) is 0 Å². The SMILES string of the molecule is O=S(=O)(Oc1ccc(F)cc1F)c1cc(F)cc(F)c1. The van der Waals surface area contributed by atoms with Crippen LogP contribution in [0, 0.1) is 23.3 Å². The molecule has 2 rings (SSSR count). The summed E-state index contributed by atoms with van der Waals surface area (Å²) in [6.07, 6.45) is 0. The molecular weight excluding hydrogens is 300 g/mol. The van der Waals surface area contributed by atoms with E-state index < -0.39 is 44.0 Å². The monoisotopic (exact) mass is 306 g/mol. The molecular formula is C12H6F4O3S. The van der Waals surface area contributed by atoms with Crippen LogP contribution >= 0.6 is 0 Å². The summed E-state index contributed by atoms with van der Waals surface area (Å²) >= 11 is 0. The van der Waals surface area contributed by atoms with E-state index in [4.69, 9.17) is 0 Å². The van der Waals surface area contributed by atoms with Crippen LogP contribution in [0.25, 0.3) is 0 Å². The van der Waals surface area contributed by atoms with Crippen molar-refractivity contribution in [2.75, 3.05) is 0 Å². The quantitative estimate of drug-likeness (QED) is 0.647. The molecule has 106 valence electrons. The smallest absolute Gasteiger partial charge is 0.339 e. The maximum absolute atomic E-state index is 13.3. The number of rotatable bonds is 3. The van der Waals surface area contributed by atoms with Gasteiger partial charge in [0.05, 0.1) is 0 Å². The van der Waals surface area contributed by atoms with Crippen LogP contribution < -0.4 is 4.18 Å². The van der Waals surface area contributed by atoms with Gasteiger partial charge in [0.1, 0.15) is 22.3 Å². The van der Waals surface area contributed by atoms with Gasteiger partial charge in [-0.15, -0.1) is 0 Å². The first-order valence-corrected chi connectivity index (χ1v) is 6.54. The molecule has 0 saturated heterocycles. The minimum absolute atomic E-state index is 0.414. The molecule has 0 bridgehead atoms. The van der Waals surface area contributed by atoms with Gasteiger partial charge in [0, 0.05) is 12.1 Å². The summed E-state index contributed by atoms with van der Waals surface area (Å²) < 4.78 is 79.7. The fraction of sp³-hybridized carbons (Fsp3) is 0. The molecule has 0 radical (unpaired) electrons. The van der Waals surface area contributed by atoms with Crippen LogP contribution in [-0.2, 0) is 10.1 Å². The van der Waals surface area contributed by atoms with Crippen molar-refractivity contribution in [1.82, 2.24) is 0 Å². The van der Waals surface area contributed by atoms with Crippen LogP contribution in [0.15, 0.2) is 41.3 Å². The molecule has 0 aromatic heterocycles. The Hall–Kier alpha value is -2.09. The molecule has 2 aromatic carbocycles. The third-order valence-corrected chi connectivity index (χ3v) is 3.43. The molecule has 0 saturated carbocycles. The molecule has 0 spiro atoms. The number of benzene rings is 2. The van der Waals surface area contributed by atoms with Gasteiger partial charge in [-0.3, -0.25) is 0 Å². The lowest BCUT2D eigenvalue weighted by atomic mass is 10.3. The fourth-order valence-electron chi connectivity index (χ4n) is 1.38. The maximum Gasteiger partial charge on any atom is 0.339 e. The molecule has 0 amide bonds. The van der Waals surface area contributed by atoms with Crippen molar-refractivity contribution < 1.29 is 30.2 Å². The van der Waals surface area contributed by atoms with Crippen molar-refractivity contribution in [3.8, 4) is 5.75 Å². The Morgan fingerprint density at radius 3 is 1.95 bits per heavy atom. The molecule has 0 aliphatic rings. The van der Waals surface area contributed by atoms with E-state index in [1.165, 1.54) is 0 Å². The first-order chi connectivity index (χ1) is 9.28. The summed E-state index contributed by atoms with van der Waals surface area (Å²) in [5.74, 6) is -5.23. The molecule has 0 N–H and O–H groups in total. The maximum atomic E-state index is 13.3. The van der Waals surface area contributed by atoms with Crippen molar-refractivity contribution in [2.45, 2.75) is 4.90 Å². The third-order valence-electron chi connectivity index (χ3n) is 2.22. The molecule has 3 nitrogen and oxygen atoms in total. The van der Waals surface area contributed by atoms with E-state index in [-0.39, 0.29) is 0 Å². The van der Waals surface area contributed by atoms with Crippen LogP contribution in [-0.4, -0.2) is 8.42 Å². The molecule has 0 aliphatic carbocycles. The molecule has 0 aliphatic heterocycles. The molecule has 0 heterocycles. The van der Waals surface area contributed by atoms with Gasteiger partial charge in [0.25, 0.3) is 0 Å². The van der Waals surface area contributed by atoms with Crippen LogP contribution in [0.4, 0.5) is 17.6 Å². The van der Waals surface area contributed by atoms with Crippen LogP contribution in [0.5, 0.6) is 5.75 Å². The first kappa shape index (κ1) is 14.3. The van der Waals surface area contributed by atoms with Gasteiger partial charge in [0.2, 0.25) is 0 Å². The second kappa shape index (κ2) is 5.12. The summed E-state index contributed by atoms with van der Waals surface area (Å²) in [5.41, 5.74) is 0. The Morgan fingerprint density at radius 2 is 1.40 bits per heavy atom. The standard InChI is InChI=1S/C12H6F4O3S/c13-7-1-2-12(11(16)6-7)19-20(17,18)10-4-8(14)3-9(15)5-10/h1-6H. The normalized spacial score (nSPS) is 11.4. The largest absolute Gasteiger partial charge is 0.376 e. The fourth-order valence-corrected chi connectivity index (χ4v) is 2.36. The van der Waals surface area contributed by atoms with Gasteiger partial charge in [-0.1, -0.05) is 0 Å². The van der Waals surface area contributed by atoms with Crippen LogP contribution in [0.1, 0.15) is 0 Å². The second-order valence-corrected chi connectivity index (χ2v) is 5.26. The highest BCUT2D eigenvalue weighted by Crippen LogP contribution is 2.23. The summed E-state index contributed by atoms with van der Waals surface area (Å²) in [6, 6.07) is 3.44.